The van der Waals surface area contributed by atoms with E-state index in [1.807, 2.05) is 53.4 Å². The van der Waals surface area contributed by atoms with E-state index >= 15 is 0 Å². The maximum Gasteiger partial charge on any atom is 0.256 e. The zero-order chi connectivity index (χ0) is 28.8. The molecule has 2 aliphatic heterocycles. The van der Waals surface area contributed by atoms with Gasteiger partial charge in [-0.15, -0.1) is 0 Å². The van der Waals surface area contributed by atoms with Gasteiger partial charge >= 0.3 is 0 Å². The van der Waals surface area contributed by atoms with E-state index in [-0.39, 0.29) is 30.5 Å². The van der Waals surface area contributed by atoms with Gasteiger partial charge in [-0.3, -0.25) is 19.5 Å². The molecule has 4 aromatic rings. The van der Waals surface area contributed by atoms with Crippen LogP contribution < -0.4 is 11.5 Å². The second-order valence-corrected chi connectivity index (χ2v) is 10.7. The molecule has 10 heteroatoms. The number of fused-ring (bicyclic) bond motifs is 2. The molecule has 1 saturated heterocycles. The van der Waals surface area contributed by atoms with Gasteiger partial charge in [-0.1, -0.05) is 30.8 Å². The van der Waals surface area contributed by atoms with E-state index in [4.69, 9.17) is 11.5 Å². The van der Waals surface area contributed by atoms with E-state index in [0.29, 0.717) is 29.9 Å². The molecule has 3 amide bonds. The highest BCUT2D eigenvalue weighted by atomic mass is 16.2. The van der Waals surface area contributed by atoms with Crippen molar-refractivity contribution in [2.45, 2.75) is 6.54 Å². The van der Waals surface area contributed by atoms with Gasteiger partial charge in [-0.2, -0.15) is 5.10 Å². The van der Waals surface area contributed by atoms with Crippen LogP contribution >= 0.6 is 0 Å². The van der Waals surface area contributed by atoms with Crippen molar-refractivity contribution in [3.8, 4) is 22.4 Å². The number of amides is 3. The molecule has 3 heterocycles. The van der Waals surface area contributed by atoms with E-state index in [2.05, 4.69) is 28.7 Å². The zero-order valence-corrected chi connectivity index (χ0v) is 22.8. The molecule has 1 aromatic heterocycles. The molecule has 208 valence electrons. The second-order valence-electron chi connectivity index (χ2n) is 10.7. The number of benzene rings is 3. The molecule has 0 aliphatic carbocycles. The number of rotatable bonds is 6. The van der Waals surface area contributed by atoms with Gasteiger partial charge in [0.05, 0.1) is 23.3 Å². The molecule has 5 N–H and O–H groups in total. The van der Waals surface area contributed by atoms with Crippen LogP contribution in [0.3, 0.4) is 0 Å². The monoisotopic (exact) mass is 549 g/mol. The summed E-state index contributed by atoms with van der Waals surface area (Å²) in [6, 6.07) is 17.2. The summed E-state index contributed by atoms with van der Waals surface area (Å²) in [5.41, 5.74) is 18.1. The predicted octanol–water partition coefficient (Wildman–Crippen LogP) is 2.86. The Morgan fingerprint density at radius 2 is 1.80 bits per heavy atom. The molecular formula is C31H31N7O3. The first kappa shape index (κ1) is 26.3. The SMILES string of the molecule is C=C(CN1Cc2c(-c3ccc4[nH]nc(-c5cccc(C(=O)N6CCN(C)CC6)c5)c4c3)ccc(N)c2C1=O)C(N)=O. The lowest BCUT2D eigenvalue weighted by molar-refractivity contribution is -0.114. The highest BCUT2D eigenvalue weighted by Gasteiger charge is 2.32. The first-order valence-corrected chi connectivity index (χ1v) is 13.5. The minimum Gasteiger partial charge on any atom is -0.398 e. The minimum atomic E-state index is -0.644. The lowest BCUT2D eigenvalue weighted by atomic mass is 9.94. The fraction of sp³-hybridized carbons (Fsp3) is 0.226. The largest absolute Gasteiger partial charge is 0.398 e. The lowest BCUT2D eigenvalue weighted by Crippen LogP contribution is -2.47. The van der Waals surface area contributed by atoms with Gasteiger partial charge in [-0.25, -0.2) is 0 Å². The topological polar surface area (TPSA) is 142 Å². The number of nitrogens with zero attached hydrogens (tertiary/aromatic N) is 4. The van der Waals surface area contributed by atoms with E-state index in [1.165, 1.54) is 4.90 Å². The van der Waals surface area contributed by atoms with Crippen molar-refractivity contribution >= 4 is 34.3 Å². The highest BCUT2D eigenvalue weighted by molar-refractivity contribution is 6.06. The Morgan fingerprint density at radius 3 is 2.56 bits per heavy atom. The number of nitrogen functional groups attached to an aromatic ring is 1. The van der Waals surface area contributed by atoms with Crippen molar-refractivity contribution in [1.82, 2.24) is 24.9 Å². The third-order valence-electron chi connectivity index (χ3n) is 7.97. The van der Waals surface area contributed by atoms with Gasteiger partial charge in [0, 0.05) is 60.5 Å². The summed E-state index contributed by atoms with van der Waals surface area (Å²) in [7, 11) is 2.06. The fourth-order valence-electron chi connectivity index (χ4n) is 5.60. The molecule has 0 unspecified atom stereocenters. The van der Waals surface area contributed by atoms with Gasteiger partial charge in [0.1, 0.15) is 0 Å². The zero-order valence-electron chi connectivity index (χ0n) is 22.8. The number of nitrogens with one attached hydrogen (secondary N) is 1. The fourth-order valence-corrected chi connectivity index (χ4v) is 5.60. The average molecular weight is 550 g/mol. The minimum absolute atomic E-state index is 0.0196. The van der Waals surface area contributed by atoms with Crippen LogP contribution in [0, 0.1) is 0 Å². The molecule has 0 spiro atoms. The maximum atomic E-state index is 13.2. The number of H-pyrrole nitrogens is 1. The van der Waals surface area contributed by atoms with E-state index < -0.39 is 5.91 Å². The van der Waals surface area contributed by atoms with Crippen LogP contribution in [0.4, 0.5) is 5.69 Å². The number of hydrogen-bond acceptors (Lipinski definition) is 6. The Kier molecular flexibility index (Phi) is 6.55. The Morgan fingerprint density at radius 1 is 1.02 bits per heavy atom. The van der Waals surface area contributed by atoms with Crippen LogP contribution in [0.25, 0.3) is 33.3 Å². The number of likely N-dealkylation sites (N-methyl/N-ethyl adjacent to an activating group) is 1. The number of aromatic nitrogens is 2. The molecule has 0 atom stereocenters. The van der Waals surface area contributed by atoms with Crippen molar-refractivity contribution < 1.29 is 14.4 Å². The van der Waals surface area contributed by atoms with Crippen molar-refractivity contribution in [3.05, 3.63) is 83.4 Å². The van der Waals surface area contributed by atoms with Crippen molar-refractivity contribution in [2.24, 2.45) is 5.73 Å². The smallest absolute Gasteiger partial charge is 0.256 e. The summed E-state index contributed by atoms with van der Waals surface area (Å²) in [6.45, 7) is 7.14. The summed E-state index contributed by atoms with van der Waals surface area (Å²) < 4.78 is 0. The summed E-state index contributed by atoms with van der Waals surface area (Å²) in [5.74, 6) is -0.881. The van der Waals surface area contributed by atoms with E-state index in [0.717, 1.165) is 51.9 Å². The summed E-state index contributed by atoms with van der Waals surface area (Å²) in [5, 5.41) is 8.58. The number of nitrogens with two attached hydrogens (primary N) is 2. The number of anilines is 1. The summed E-state index contributed by atoms with van der Waals surface area (Å²) >= 11 is 0. The van der Waals surface area contributed by atoms with Gasteiger partial charge in [0.15, 0.2) is 0 Å². The number of carbonyl (C=O) groups excluding carboxylic acids is 3. The van der Waals surface area contributed by atoms with Crippen LogP contribution in [0.2, 0.25) is 0 Å². The molecule has 10 nitrogen and oxygen atoms in total. The van der Waals surface area contributed by atoms with Gasteiger partial charge < -0.3 is 26.2 Å². The average Bonchev–Trinajstić information content (AvgIpc) is 3.54. The number of piperazine rings is 1. The summed E-state index contributed by atoms with van der Waals surface area (Å²) in [6.07, 6.45) is 0. The Labute approximate surface area is 237 Å². The van der Waals surface area contributed by atoms with Gasteiger partial charge in [-0.05, 0) is 54.1 Å². The molecule has 41 heavy (non-hydrogen) atoms. The quantitative estimate of drug-likeness (QED) is 0.249. The van der Waals surface area contributed by atoms with Crippen LogP contribution in [0.15, 0.2) is 66.7 Å². The number of aromatic amines is 1. The molecule has 1 fully saturated rings. The van der Waals surface area contributed by atoms with Crippen LogP contribution in [0.5, 0.6) is 0 Å². The molecule has 2 aliphatic rings. The molecule has 6 rings (SSSR count). The third-order valence-corrected chi connectivity index (χ3v) is 7.97. The van der Waals surface area contributed by atoms with Gasteiger partial charge in [0.2, 0.25) is 5.91 Å². The Hall–Kier alpha value is -4.96. The molecular weight excluding hydrogens is 518 g/mol. The highest BCUT2D eigenvalue weighted by Crippen LogP contribution is 2.38. The maximum absolute atomic E-state index is 13.2. The van der Waals surface area contributed by atoms with Crippen LogP contribution in [-0.4, -0.2) is 82.4 Å². The second kappa shape index (κ2) is 10.2. The molecule has 0 radical (unpaired) electrons. The summed E-state index contributed by atoms with van der Waals surface area (Å²) in [4.78, 5) is 43.6. The number of carbonyl (C=O) groups is 3. The first-order valence-electron chi connectivity index (χ1n) is 13.5. The molecule has 3 aromatic carbocycles. The predicted molar refractivity (Wildman–Crippen MR) is 158 cm³/mol. The lowest BCUT2D eigenvalue weighted by Gasteiger charge is -2.32. The standard InChI is InChI=1S/C31H31N7O3/c1-18(29(33)39)16-38-17-24-22(7-8-25(32)27(24)31(38)41)19-6-9-26-23(15-19)28(35-34-26)20-4-3-5-21(14-20)30(40)37-12-10-36(2)11-13-37/h3-9,14-15H,1,10-13,16-17,32H2,2H3,(H2,33,39)(H,34,35). The molecule has 0 bridgehead atoms. The van der Waals surface area contributed by atoms with Crippen molar-refractivity contribution in [1.29, 1.82) is 0 Å². The normalized spacial score (nSPS) is 15.4. The third kappa shape index (κ3) is 4.72. The van der Waals surface area contributed by atoms with Crippen molar-refractivity contribution in [3.63, 3.8) is 0 Å². The van der Waals surface area contributed by atoms with Crippen molar-refractivity contribution in [2.75, 3.05) is 45.5 Å². The van der Waals surface area contributed by atoms with Gasteiger partial charge in [0.25, 0.3) is 11.8 Å². The Bertz CT molecular complexity index is 1730. The van der Waals surface area contributed by atoms with E-state index in [9.17, 15) is 14.4 Å². The molecule has 0 saturated carbocycles. The number of hydrogen-bond donors (Lipinski definition) is 3. The first-order chi connectivity index (χ1) is 19.7. The Balaban J connectivity index is 1.35. The number of primary amides is 1. The van der Waals surface area contributed by atoms with Crippen LogP contribution in [-0.2, 0) is 11.3 Å². The van der Waals surface area contributed by atoms with Crippen LogP contribution in [0.1, 0.15) is 26.3 Å². The van der Waals surface area contributed by atoms with E-state index in [1.54, 1.807) is 6.07 Å².